The minimum atomic E-state index is -3.90. The van der Waals surface area contributed by atoms with E-state index in [1.54, 1.807) is 9.80 Å². The molecule has 0 bridgehead atoms. The normalized spacial score (nSPS) is 17.4. The first-order valence-electron chi connectivity index (χ1n) is 14.3. The van der Waals surface area contributed by atoms with Gasteiger partial charge >= 0.3 is 5.69 Å². The van der Waals surface area contributed by atoms with Gasteiger partial charge < -0.3 is 9.80 Å². The molecule has 10 nitrogen and oxygen atoms in total. The Balaban J connectivity index is 1.68. The highest BCUT2D eigenvalue weighted by Crippen LogP contribution is 2.41. The molecule has 1 saturated heterocycles. The molecule has 3 aromatic heterocycles. The van der Waals surface area contributed by atoms with Crippen molar-refractivity contribution in [3.05, 3.63) is 82.0 Å². The molecular weight excluding hydrogens is 626 g/mol. The third kappa shape index (κ3) is 5.48. The molecule has 1 aromatic carbocycles. The summed E-state index contributed by atoms with van der Waals surface area (Å²) < 4.78 is 57.6. The minimum absolute atomic E-state index is 0.00333. The maximum absolute atomic E-state index is 16.0. The molecule has 2 fully saturated rings. The van der Waals surface area contributed by atoms with E-state index in [4.69, 9.17) is 11.6 Å². The Morgan fingerprint density at radius 3 is 2.53 bits per heavy atom. The Labute approximate surface area is 262 Å². The number of fused-ring (bicyclic) bond motifs is 1. The molecule has 1 atom stereocenters. The van der Waals surface area contributed by atoms with Crippen molar-refractivity contribution >= 4 is 44.2 Å². The van der Waals surface area contributed by atoms with E-state index >= 15 is 4.39 Å². The van der Waals surface area contributed by atoms with Crippen LogP contribution in [0.25, 0.3) is 28.0 Å². The van der Waals surface area contributed by atoms with Crippen LogP contribution in [0.5, 0.6) is 0 Å². The molecule has 1 aliphatic heterocycles. The summed E-state index contributed by atoms with van der Waals surface area (Å²) >= 11 is 6.35. The van der Waals surface area contributed by atoms with Crippen molar-refractivity contribution in [1.82, 2.24) is 24.4 Å². The number of nitrogens with zero attached hydrogens (tertiary/aromatic N) is 6. The number of amides is 1. The number of carbonyl (C=O) groups is 1. The van der Waals surface area contributed by atoms with E-state index in [0.29, 0.717) is 12.2 Å². The highest BCUT2D eigenvalue weighted by atomic mass is 35.5. The fourth-order valence-electron chi connectivity index (χ4n) is 5.95. The van der Waals surface area contributed by atoms with Gasteiger partial charge in [-0.15, -0.1) is 0 Å². The highest BCUT2D eigenvalue weighted by Gasteiger charge is 2.33. The van der Waals surface area contributed by atoms with Crippen LogP contribution in [0.1, 0.15) is 37.8 Å². The summed E-state index contributed by atoms with van der Waals surface area (Å²) in [6.07, 6.45) is 6.03. The summed E-state index contributed by atoms with van der Waals surface area (Å²) in [6, 6.07) is 5.54. The quantitative estimate of drug-likeness (QED) is 0.276. The van der Waals surface area contributed by atoms with Gasteiger partial charge in [-0.2, -0.15) is 4.98 Å². The zero-order valence-corrected chi connectivity index (χ0v) is 26.1. The smallest absolute Gasteiger partial charge is 0.350 e. The zero-order chi connectivity index (χ0) is 32.2. The lowest BCUT2D eigenvalue weighted by molar-refractivity contribution is -0.126. The predicted molar refractivity (Wildman–Crippen MR) is 167 cm³/mol. The molecule has 0 unspecified atom stereocenters. The topological polar surface area (TPSA) is 118 Å². The fraction of sp³-hybridized carbons (Fsp3) is 0.323. The molecule has 1 aliphatic carbocycles. The molecule has 14 heteroatoms. The number of piperazine rings is 1. The molecular formula is C31H29ClF2N6O4S. The lowest BCUT2D eigenvalue weighted by Gasteiger charge is -2.40. The van der Waals surface area contributed by atoms with Crippen molar-refractivity contribution in [3.63, 3.8) is 0 Å². The van der Waals surface area contributed by atoms with Gasteiger partial charge in [-0.05, 0) is 56.2 Å². The predicted octanol–water partition coefficient (Wildman–Crippen LogP) is 4.67. The number of carbonyl (C=O) groups excluding carboxylic acids is 1. The van der Waals surface area contributed by atoms with E-state index in [0.717, 1.165) is 48.3 Å². The average Bonchev–Trinajstić information content (AvgIpc) is 2.96. The van der Waals surface area contributed by atoms with Gasteiger partial charge in [-0.1, -0.05) is 24.6 Å². The van der Waals surface area contributed by atoms with Crippen LogP contribution in [0.2, 0.25) is 5.02 Å². The summed E-state index contributed by atoms with van der Waals surface area (Å²) in [4.78, 5) is 43.1. The molecule has 6 rings (SSSR count). The SMILES string of the molecule is C=CC(=O)N1CCN(c2nc(=O)n(-c3c(S(C)(=O)=O)ccnc3C3CCC3)c3nc(-c4cc(F)ccc4Cl)c(F)cc23)[C@@H](C)C1. The second-order valence-electron chi connectivity index (χ2n) is 11.3. The van der Waals surface area contributed by atoms with Crippen LogP contribution in [0.4, 0.5) is 14.6 Å². The Bertz CT molecular complexity index is 2050. The van der Waals surface area contributed by atoms with E-state index in [1.807, 2.05) is 6.92 Å². The molecule has 0 spiro atoms. The molecule has 0 N–H and O–H groups in total. The molecule has 2 aliphatic rings. The van der Waals surface area contributed by atoms with Gasteiger partial charge in [0.15, 0.2) is 15.5 Å². The number of halogens is 3. The van der Waals surface area contributed by atoms with Crippen LogP contribution >= 0.6 is 11.6 Å². The van der Waals surface area contributed by atoms with Crippen molar-refractivity contribution in [2.24, 2.45) is 0 Å². The fourth-order valence-corrected chi connectivity index (χ4v) is 7.01. The van der Waals surface area contributed by atoms with E-state index < -0.39 is 27.2 Å². The molecule has 4 aromatic rings. The zero-order valence-electron chi connectivity index (χ0n) is 24.5. The summed E-state index contributed by atoms with van der Waals surface area (Å²) in [5.41, 5.74) is -0.943. The minimum Gasteiger partial charge on any atom is -0.350 e. The molecule has 1 amide bonds. The van der Waals surface area contributed by atoms with Crippen LogP contribution in [-0.2, 0) is 14.6 Å². The van der Waals surface area contributed by atoms with Crippen molar-refractivity contribution in [1.29, 1.82) is 0 Å². The van der Waals surface area contributed by atoms with E-state index in [9.17, 15) is 22.4 Å². The van der Waals surface area contributed by atoms with Crippen molar-refractivity contribution in [3.8, 4) is 16.9 Å². The van der Waals surface area contributed by atoms with Crippen molar-refractivity contribution < 1.29 is 22.0 Å². The van der Waals surface area contributed by atoms with Gasteiger partial charge in [0.1, 0.15) is 23.1 Å². The second-order valence-corrected chi connectivity index (χ2v) is 13.7. The Hall–Kier alpha value is -4.23. The lowest BCUT2D eigenvalue weighted by atomic mass is 9.82. The first-order chi connectivity index (χ1) is 21.4. The third-order valence-corrected chi connectivity index (χ3v) is 9.86. The Kier molecular flexibility index (Phi) is 7.94. The number of benzene rings is 1. The van der Waals surface area contributed by atoms with Crippen LogP contribution in [-0.4, -0.2) is 70.7 Å². The first kappa shape index (κ1) is 30.8. The molecule has 0 radical (unpaired) electrons. The lowest BCUT2D eigenvalue weighted by Crippen LogP contribution is -2.54. The summed E-state index contributed by atoms with van der Waals surface area (Å²) in [5.74, 6) is -1.78. The van der Waals surface area contributed by atoms with Gasteiger partial charge in [0, 0.05) is 49.6 Å². The standard InChI is InChI=1S/C31H29ClF2N6O4S/c1-4-25(41)38-12-13-39(17(2)16-38)29-21-15-23(34)27(20-14-19(33)8-9-22(20)32)36-30(21)40(31(42)37-29)28-24(45(3,43)44)10-11-35-26(28)18-6-5-7-18/h4,8-11,14-15,17-18H,1,5-7,12-13,16H2,2-3H3/t17-/m0/s1. The van der Waals surface area contributed by atoms with Gasteiger partial charge in [-0.25, -0.2) is 31.5 Å². The molecule has 1 saturated carbocycles. The number of pyridine rings is 2. The third-order valence-electron chi connectivity index (χ3n) is 8.40. The monoisotopic (exact) mass is 654 g/mol. The van der Waals surface area contributed by atoms with Gasteiger partial charge in [0.25, 0.3) is 0 Å². The summed E-state index contributed by atoms with van der Waals surface area (Å²) in [5, 5.41) is 0.136. The number of sulfone groups is 1. The Morgan fingerprint density at radius 2 is 1.89 bits per heavy atom. The van der Waals surface area contributed by atoms with Crippen LogP contribution in [0.15, 0.2) is 58.9 Å². The highest BCUT2D eigenvalue weighted by molar-refractivity contribution is 7.90. The average molecular weight is 655 g/mol. The van der Waals surface area contributed by atoms with Gasteiger partial charge in [-0.3, -0.25) is 9.78 Å². The number of rotatable bonds is 6. The van der Waals surface area contributed by atoms with E-state index in [2.05, 4.69) is 21.5 Å². The summed E-state index contributed by atoms with van der Waals surface area (Å²) in [6.45, 7) is 6.23. The number of hydrogen-bond acceptors (Lipinski definition) is 8. The van der Waals surface area contributed by atoms with Crippen molar-refractivity contribution in [2.75, 3.05) is 30.8 Å². The number of hydrogen-bond donors (Lipinski definition) is 0. The number of anilines is 1. The largest absolute Gasteiger partial charge is 0.355 e. The molecule has 234 valence electrons. The van der Waals surface area contributed by atoms with Crippen LogP contribution in [0, 0.1) is 11.6 Å². The van der Waals surface area contributed by atoms with Gasteiger partial charge in [0.05, 0.1) is 26.7 Å². The van der Waals surface area contributed by atoms with Crippen LogP contribution in [0.3, 0.4) is 0 Å². The maximum atomic E-state index is 16.0. The van der Waals surface area contributed by atoms with Gasteiger partial charge in [0.2, 0.25) is 5.91 Å². The molecule has 45 heavy (non-hydrogen) atoms. The molecule has 4 heterocycles. The van der Waals surface area contributed by atoms with E-state index in [1.165, 1.54) is 24.4 Å². The van der Waals surface area contributed by atoms with E-state index in [-0.39, 0.29) is 74.7 Å². The van der Waals surface area contributed by atoms with Crippen LogP contribution < -0.4 is 10.6 Å². The number of aromatic nitrogens is 4. The Morgan fingerprint density at radius 1 is 1.13 bits per heavy atom. The maximum Gasteiger partial charge on any atom is 0.355 e. The summed E-state index contributed by atoms with van der Waals surface area (Å²) in [7, 11) is -3.90. The van der Waals surface area contributed by atoms with Crippen molar-refractivity contribution in [2.45, 2.75) is 43.0 Å². The first-order valence-corrected chi connectivity index (χ1v) is 16.6. The second kappa shape index (κ2) is 11.6.